The van der Waals surface area contributed by atoms with Crippen LogP contribution in [0.25, 0.3) is 22.2 Å². The SMILES string of the molecule is Nc1ncnc2c1ccn2[C@@H]1O[C@@H]2COP(=O)(S)O[C@@H]3C(O)[C@@H](COP(O)(=S)O[C@H]2[C@H]1O)O[C@H]3n1cnc2c(N)ncnc21. The highest BCUT2D eigenvalue weighted by atomic mass is 32.7. The lowest BCUT2D eigenvalue weighted by Gasteiger charge is -2.27. The van der Waals surface area contributed by atoms with Crippen molar-refractivity contribution in [2.24, 2.45) is 0 Å². The Hall–Kier alpha value is -2.36. The zero-order valence-corrected chi connectivity index (χ0v) is 25.7. The average Bonchev–Trinajstić information content (AvgIpc) is 3.73. The van der Waals surface area contributed by atoms with Crippen molar-refractivity contribution in [3.8, 4) is 0 Å². The first-order valence-electron chi connectivity index (χ1n) is 12.9. The van der Waals surface area contributed by atoms with Crippen LogP contribution in [0.1, 0.15) is 12.5 Å². The first-order chi connectivity index (χ1) is 20.9. The lowest BCUT2D eigenvalue weighted by Crippen LogP contribution is -2.36. The van der Waals surface area contributed by atoms with Gasteiger partial charge in [0.2, 0.25) is 0 Å². The van der Waals surface area contributed by atoms with E-state index in [1.165, 1.54) is 28.1 Å². The molecule has 3 aliphatic rings. The van der Waals surface area contributed by atoms with Crippen molar-refractivity contribution in [2.75, 3.05) is 24.7 Å². The fourth-order valence-electron chi connectivity index (χ4n) is 5.36. The van der Waals surface area contributed by atoms with Crippen molar-refractivity contribution in [1.82, 2.24) is 34.1 Å². The maximum Gasteiger partial charge on any atom is 0.386 e. The lowest BCUT2D eigenvalue weighted by molar-refractivity contribution is -0.0587. The first-order valence-corrected chi connectivity index (χ1v) is 18.2. The molecule has 4 aromatic heterocycles. The van der Waals surface area contributed by atoms with E-state index in [1.807, 2.05) is 0 Å². The zero-order valence-electron chi connectivity index (χ0n) is 22.2. The van der Waals surface area contributed by atoms with Gasteiger partial charge >= 0.3 is 13.5 Å². The van der Waals surface area contributed by atoms with Crippen molar-refractivity contribution >= 4 is 71.4 Å². The highest BCUT2D eigenvalue weighted by Crippen LogP contribution is 2.58. The summed E-state index contributed by atoms with van der Waals surface area (Å²) in [5.41, 5.74) is 12.7. The molecule has 4 aromatic rings. The van der Waals surface area contributed by atoms with Crippen LogP contribution in [0.4, 0.5) is 11.6 Å². The molecule has 3 saturated heterocycles. The number of imidazole rings is 1. The number of thiol groups is 1. The van der Waals surface area contributed by atoms with Crippen LogP contribution in [0.15, 0.2) is 31.2 Å². The Balaban J connectivity index is 1.20. The van der Waals surface area contributed by atoms with Crippen LogP contribution in [0, 0.1) is 0 Å². The Labute approximate surface area is 257 Å². The van der Waals surface area contributed by atoms with Gasteiger partial charge in [-0.15, -0.1) is 0 Å². The molecule has 0 radical (unpaired) electrons. The van der Waals surface area contributed by atoms with E-state index in [2.05, 4.69) is 37.2 Å². The van der Waals surface area contributed by atoms with E-state index in [4.69, 9.17) is 50.8 Å². The summed E-state index contributed by atoms with van der Waals surface area (Å²) in [6, 6.07) is 1.64. The van der Waals surface area contributed by atoms with Gasteiger partial charge in [0.15, 0.2) is 23.9 Å². The second kappa shape index (κ2) is 11.2. The lowest BCUT2D eigenvalue weighted by atomic mass is 10.1. The average molecular weight is 690 g/mol. The van der Waals surface area contributed by atoms with Gasteiger partial charge < -0.3 is 45.1 Å². The summed E-state index contributed by atoms with van der Waals surface area (Å²) in [7, 11) is 0. The Morgan fingerprint density at radius 1 is 0.886 bits per heavy atom. The second-order valence-corrected chi connectivity index (χ2v) is 15.7. The molecule has 236 valence electrons. The Morgan fingerprint density at radius 3 is 2.39 bits per heavy atom. The minimum Gasteiger partial charge on any atom is -0.387 e. The van der Waals surface area contributed by atoms with Crippen LogP contribution in [0.5, 0.6) is 0 Å². The standard InChI is InChI=1S/C21H25N9O10P2S2/c22-16-8-1-2-29(18(8)26-5-24-16)20-13(32)14-10(38-20)4-36-42(34,44)40-15-12(31)9(3-35-41(33,43)39-14)37-21(15)30-7-28-11-17(23)25-6-27-19(11)30/h1-2,5-7,9-10,12-15,20-21,31-32H,3-4H2,(H,33,43)(H,34,44)(H2,22,24,26)(H2,23,25,27)/t9-,10-,12?,13-,14-,15-,20-,21-,41?,42?/m1/s1. The van der Waals surface area contributed by atoms with Gasteiger partial charge in [0.05, 0.1) is 24.9 Å². The monoisotopic (exact) mass is 689 g/mol. The molecule has 10 atom stereocenters. The van der Waals surface area contributed by atoms with Gasteiger partial charge in [0.1, 0.15) is 66.3 Å². The summed E-state index contributed by atoms with van der Waals surface area (Å²) in [6.07, 6.45) is -4.91. The molecule has 3 aliphatic heterocycles. The van der Waals surface area contributed by atoms with Crippen LogP contribution in [0.3, 0.4) is 0 Å². The van der Waals surface area contributed by atoms with E-state index >= 15 is 0 Å². The Morgan fingerprint density at radius 2 is 1.59 bits per heavy atom. The van der Waals surface area contributed by atoms with E-state index in [-0.39, 0.29) is 22.8 Å². The first kappa shape index (κ1) is 30.3. The van der Waals surface area contributed by atoms with Gasteiger partial charge in [-0.2, -0.15) is 0 Å². The number of nitrogens with two attached hydrogens (primary N) is 2. The molecule has 19 nitrogen and oxygen atoms in total. The summed E-state index contributed by atoms with van der Waals surface area (Å²) in [5.74, 6) is 0.316. The Bertz CT molecular complexity index is 1830. The number of nitrogens with zero attached hydrogens (tertiary/aromatic N) is 7. The summed E-state index contributed by atoms with van der Waals surface area (Å²) < 4.78 is 51.1. The van der Waals surface area contributed by atoms with Gasteiger partial charge in [-0.05, 0) is 17.9 Å². The minimum atomic E-state index is -4.29. The highest BCUT2D eigenvalue weighted by Gasteiger charge is 2.52. The molecule has 3 fully saturated rings. The molecule has 0 amide bonds. The van der Waals surface area contributed by atoms with Crippen LogP contribution >= 0.6 is 25.8 Å². The fourth-order valence-corrected chi connectivity index (χ4v) is 8.27. The number of aromatic nitrogens is 7. The maximum atomic E-state index is 13.5. The predicted octanol–water partition coefficient (Wildman–Crippen LogP) is 0.0241. The molecule has 7 rings (SSSR count). The third-order valence-electron chi connectivity index (χ3n) is 7.41. The van der Waals surface area contributed by atoms with Crippen LogP contribution in [-0.2, 0) is 43.9 Å². The van der Waals surface area contributed by atoms with Crippen LogP contribution in [0.2, 0.25) is 0 Å². The predicted molar refractivity (Wildman–Crippen MR) is 156 cm³/mol. The van der Waals surface area contributed by atoms with Gasteiger partial charge in [0, 0.05) is 6.20 Å². The van der Waals surface area contributed by atoms with Crippen LogP contribution in [-0.4, -0.2) is 99.0 Å². The normalized spacial score (nSPS) is 38.3. The molecule has 0 aromatic carbocycles. The van der Waals surface area contributed by atoms with Crippen molar-refractivity contribution in [3.63, 3.8) is 0 Å². The van der Waals surface area contributed by atoms with Crippen molar-refractivity contribution in [3.05, 3.63) is 31.2 Å². The summed E-state index contributed by atoms with van der Waals surface area (Å²) in [4.78, 5) is 31.5. The third kappa shape index (κ3) is 5.30. The number of aliphatic hydroxyl groups is 2. The molecule has 2 bridgehead atoms. The largest absolute Gasteiger partial charge is 0.387 e. The van der Waals surface area contributed by atoms with E-state index in [9.17, 15) is 19.7 Å². The highest BCUT2D eigenvalue weighted by molar-refractivity contribution is 8.44. The number of hydrogen-bond acceptors (Lipinski definition) is 17. The van der Waals surface area contributed by atoms with E-state index in [1.54, 1.807) is 12.3 Å². The summed E-state index contributed by atoms with van der Waals surface area (Å²) in [6.45, 7) is -9.42. The molecule has 3 unspecified atom stereocenters. The van der Waals surface area contributed by atoms with Crippen molar-refractivity contribution in [2.45, 2.75) is 49.1 Å². The number of hydrogen-bond donors (Lipinski definition) is 6. The van der Waals surface area contributed by atoms with Crippen LogP contribution < -0.4 is 11.5 Å². The third-order valence-corrected chi connectivity index (χ3v) is 10.6. The molecule has 7 N–H and O–H groups in total. The molecule has 7 heterocycles. The number of rotatable bonds is 2. The molecular weight excluding hydrogens is 664 g/mol. The molecule has 0 aliphatic carbocycles. The molecule has 44 heavy (non-hydrogen) atoms. The molecule has 0 spiro atoms. The number of nitrogen functional groups attached to an aromatic ring is 2. The quantitative estimate of drug-likeness (QED) is 0.120. The van der Waals surface area contributed by atoms with E-state index in [0.29, 0.717) is 11.0 Å². The number of anilines is 2. The van der Waals surface area contributed by atoms with Gasteiger partial charge in [0.25, 0.3) is 0 Å². The van der Waals surface area contributed by atoms with E-state index < -0.39 is 75.8 Å². The zero-order chi connectivity index (χ0) is 31.0. The van der Waals surface area contributed by atoms with Crippen molar-refractivity contribution in [1.29, 1.82) is 0 Å². The molecular formula is C21H25N9O10P2S2. The number of aliphatic hydroxyl groups excluding tert-OH is 2. The van der Waals surface area contributed by atoms with E-state index in [0.717, 1.165) is 0 Å². The maximum absolute atomic E-state index is 13.5. The topological polar surface area (TPSA) is 259 Å². The Kier molecular flexibility index (Phi) is 7.69. The molecule has 23 heteroatoms. The summed E-state index contributed by atoms with van der Waals surface area (Å²) >= 11 is 9.36. The van der Waals surface area contributed by atoms with Gasteiger partial charge in [-0.3, -0.25) is 18.1 Å². The number of ether oxygens (including phenoxy) is 2. The fraction of sp³-hybridized carbons (Fsp3) is 0.476. The minimum absolute atomic E-state index is 0.101. The smallest absolute Gasteiger partial charge is 0.386 e. The molecule has 0 saturated carbocycles. The van der Waals surface area contributed by atoms with Gasteiger partial charge in [-0.25, -0.2) is 29.5 Å². The summed E-state index contributed by atoms with van der Waals surface area (Å²) in [5, 5.41) is 23.0. The second-order valence-electron chi connectivity index (χ2n) is 10.1. The van der Waals surface area contributed by atoms with Crippen molar-refractivity contribution < 1.29 is 47.2 Å². The van der Waals surface area contributed by atoms with Gasteiger partial charge in [-0.1, -0.05) is 12.2 Å². The number of fused-ring (bicyclic) bond motifs is 5.